The quantitative estimate of drug-likeness (QED) is 0.364. The third kappa shape index (κ3) is 9.43. The van der Waals surface area contributed by atoms with E-state index < -0.39 is 48.0 Å². The predicted molar refractivity (Wildman–Crippen MR) is 141 cm³/mol. The van der Waals surface area contributed by atoms with E-state index in [1.54, 1.807) is 75.4 Å². The Morgan fingerprint density at radius 1 is 1.00 bits per heavy atom. The van der Waals surface area contributed by atoms with Crippen molar-refractivity contribution in [3.8, 4) is 0 Å². The number of carboxylic acid groups (broad SMARTS) is 1. The van der Waals surface area contributed by atoms with Crippen LogP contribution in [0.15, 0.2) is 54.6 Å². The van der Waals surface area contributed by atoms with Crippen LogP contribution in [0.4, 0.5) is 29.3 Å². The van der Waals surface area contributed by atoms with Gasteiger partial charge in [-0.2, -0.15) is 13.2 Å². The molecule has 39 heavy (non-hydrogen) atoms. The Kier molecular flexibility index (Phi) is 9.39. The zero-order valence-electron chi connectivity index (χ0n) is 21.9. The molecule has 11 heteroatoms. The van der Waals surface area contributed by atoms with E-state index in [9.17, 15) is 32.7 Å². The number of aliphatic carboxylic acids is 1. The van der Waals surface area contributed by atoms with Crippen LogP contribution in [0, 0.1) is 5.92 Å². The molecule has 1 heterocycles. The molecule has 210 valence electrons. The highest BCUT2D eigenvalue weighted by Gasteiger charge is 2.39. The smallest absolute Gasteiger partial charge is 0.412 e. The minimum absolute atomic E-state index is 0.0577. The Hall–Kier alpha value is -3.86. The lowest BCUT2D eigenvalue weighted by Crippen LogP contribution is -2.27. The van der Waals surface area contributed by atoms with Gasteiger partial charge in [0.25, 0.3) is 0 Å². The van der Waals surface area contributed by atoms with Gasteiger partial charge in [0.15, 0.2) is 0 Å². The van der Waals surface area contributed by atoms with Crippen LogP contribution in [0.25, 0.3) is 6.08 Å². The van der Waals surface area contributed by atoms with Crippen molar-refractivity contribution in [1.29, 1.82) is 0 Å². The van der Waals surface area contributed by atoms with Crippen molar-refractivity contribution >= 4 is 35.4 Å². The normalized spacial score (nSPS) is 18.2. The molecule has 2 aromatic carbocycles. The van der Waals surface area contributed by atoms with Crippen LogP contribution >= 0.6 is 0 Å². The van der Waals surface area contributed by atoms with Gasteiger partial charge in [-0.1, -0.05) is 36.4 Å². The van der Waals surface area contributed by atoms with Gasteiger partial charge in [-0.3, -0.25) is 14.9 Å². The number of para-hydroxylation sites is 2. The van der Waals surface area contributed by atoms with Crippen molar-refractivity contribution in [2.45, 2.75) is 44.9 Å². The zero-order chi connectivity index (χ0) is 28.8. The summed E-state index contributed by atoms with van der Waals surface area (Å²) in [6.07, 6.45) is -3.06. The number of alkyl halides is 3. The van der Waals surface area contributed by atoms with E-state index in [2.05, 4.69) is 10.6 Å². The van der Waals surface area contributed by atoms with Crippen LogP contribution in [0.1, 0.15) is 44.2 Å². The Morgan fingerprint density at radius 2 is 1.62 bits per heavy atom. The summed E-state index contributed by atoms with van der Waals surface area (Å²) < 4.78 is 43.1. The van der Waals surface area contributed by atoms with E-state index in [0.29, 0.717) is 22.5 Å². The number of rotatable bonds is 8. The van der Waals surface area contributed by atoms with E-state index in [4.69, 9.17) is 4.74 Å². The van der Waals surface area contributed by atoms with Gasteiger partial charge in [0, 0.05) is 31.6 Å². The summed E-state index contributed by atoms with van der Waals surface area (Å²) in [5, 5.41) is 14.9. The minimum Gasteiger partial charge on any atom is -0.481 e. The number of hydrogen-bond donors (Lipinski definition) is 3. The number of halogens is 3. The monoisotopic (exact) mass is 547 g/mol. The summed E-state index contributed by atoms with van der Waals surface area (Å²) in [5.41, 5.74) is 1.45. The van der Waals surface area contributed by atoms with Crippen LogP contribution in [0.3, 0.4) is 0 Å². The van der Waals surface area contributed by atoms with Gasteiger partial charge < -0.3 is 20.1 Å². The predicted octanol–water partition coefficient (Wildman–Crippen LogP) is 5.74. The highest BCUT2D eigenvalue weighted by atomic mass is 19.4. The average molecular weight is 548 g/mol. The van der Waals surface area contributed by atoms with Gasteiger partial charge in [0.2, 0.25) is 5.91 Å². The summed E-state index contributed by atoms with van der Waals surface area (Å²) >= 11 is 0. The van der Waals surface area contributed by atoms with Crippen molar-refractivity contribution in [2.75, 3.05) is 30.3 Å². The molecule has 3 rings (SSSR count). The van der Waals surface area contributed by atoms with E-state index in [1.165, 1.54) is 11.0 Å². The summed E-state index contributed by atoms with van der Waals surface area (Å²) in [5.74, 6) is -2.73. The highest BCUT2D eigenvalue weighted by molar-refractivity contribution is 6.05. The van der Waals surface area contributed by atoms with Crippen LogP contribution in [-0.4, -0.2) is 59.4 Å². The number of amides is 2. The number of ether oxygens (including phenoxy) is 1. The molecule has 0 saturated carbocycles. The molecule has 3 N–H and O–H groups in total. The molecule has 2 atom stereocenters. The molecular weight excluding hydrogens is 515 g/mol. The topological polar surface area (TPSA) is 108 Å². The number of anilines is 2. The molecule has 0 radical (unpaired) electrons. The second kappa shape index (κ2) is 12.3. The fourth-order valence-corrected chi connectivity index (χ4v) is 4.26. The molecule has 0 spiro atoms. The molecule has 2 amide bonds. The first-order chi connectivity index (χ1) is 18.2. The Labute approximate surface area is 224 Å². The average Bonchev–Trinajstić information content (AvgIpc) is 3.26. The maximum absolute atomic E-state index is 12.6. The number of hydrogen-bond acceptors (Lipinski definition) is 5. The van der Waals surface area contributed by atoms with Gasteiger partial charge in [-0.15, -0.1) is 0 Å². The molecule has 0 bridgehead atoms. The Bertz CT molecular complexity index is 1210. The fourth-order valence-electron chi connectivity index (χ4n) is 4.26. The van der Waals surface area contributed by atoms with Crippen molar-refractivity contribution in [3.63, 3.8) is 0 Å². The van der Waals surface area contributed by atoms with E-state index in [-0.39, 0.29) is 19.6 Å². The second-order valence-electron chi connectivity index (χ2n) is 10.3. The van der Waals surface area contributed by atoms with Gasteiger partial charge in [0.1, 0.15) is 5.60 Å². The van der Waals surface area contributed by atoms with Crippen LogP contribution < -0.4 is 10.6 Å². The first-order valence-electron chi connectivity index (χ1n) is 12.4. The third-order valence-corrected chi connectivity index (χ3v) is 6.04. The van der Waals surface area contributed by atoms with Crippen molar-refractivity contribution in [2.24, 2.45) is 5.92 Å². The number of carboxylic acids is 1. The first kappa shape index (κ1) is 29.7. The Balaban J connectivity index is 1.62. The van der Waals surface area contributed by atoms with Crippen molar-refractivity contribution in [3.05, 3.63) is 65.7 Å². The molecule has 1 aliphatic heterocycles. The molecule has 2 aromatic rings. The number of nitrogens with one attached hydrogen (secondary N) is 2. The highest BCUT2D eigenvalue weighted by Crippen LogP contribution is 2.34. The number of carbonyl (C=O) groups excluding carboxylic acids is 2. The van der Waals surface area contributed by atoms with E-state index in [1.807, 2.05) is 0 Å². The van der Waals surface area contributed by atoms with Gasteiger partial charge >= 0.3 is 18.2 Å². The van der Waals surface area contributed by atoms with Crippen molar-refractivity contribution in [1.82, 2.24) is 4.90 Å². The maximum atomic E-state index is 12.6. The summed E-state index contributed by atoms with van der Waals surface area (Å²) in [6.45, 7) is 5.26. The lowest BCUT2D eigenvalue weighted by Gasteiger charge is -2.20. The molecular formula is C28H32F3N3O5. The first-order valence-corrected chi connectivity index (χ1v) is 12.4. The number of likely N-dealkylation sites (tertiary alicyclic amines) is 1. The molecule has 1 fully saturated rings. The lowest BCUT2D eigenvalue weighted by atomic mass is 9.88. The third-order valence-electron chi connectivity index (χ3n) is 6.04. The number of benzene rings is 2. The second-order valence-corrected chi connectivity index (χ2v) is 10.3. The molecule has 1 aliphatic rings. The molecule has 0 aromatic heterocycles. The van der Waals surface area contributed by atoms with Crippen LogP contribution in [0.2, 0.25) is 0 Å². The van der Waals surface area contributed by atoms with E-state index in [0.717, 1.165) is 0 Å². The fraction of sp³-hybridized carbons (Fsp3) is 0.393. The van der Waals surface area contributed by atoms with Gasteiger partial charge in [-0.25, -0.2) is 4.79 Å². The molecule has 8 nitrogen and oxygen atoms in total. The van der Waals surface area contributed by atoms with E-state index >= 15 is 0 Å². The zero-order valence-corrected chi connectivity index (χ0v) is 21.9. The molecule has 2 unspecified atom stereocenters. The summed E-state index contributed by atoms with van der Waals surface area (Å²) in [4.78, 5) is 37.9. The van der Waals surface area contributed by atoms with Crippen molar-refractivity contribution < 1.29 is 37.4 Å². The van der Waals surface area contributed by atoms with Gasteiger partial charge in [-0.05, 0) is 50.1 Å². The summed E-state index contributed by atoms with van der Waals surface area (Å²) in [6, 6.07) is 13.6. The van der Waals surface area contributed by atoms with Crippen LogP contribution in [0.5, 0.6) is 0 Å². The molecule has 1 saturated heterocycles. The lowest BCUT2D eigenvalue weighted by molar-refractivity contribution is -0.142. The van der Waals surface area contributed by atoms with Gasteiger partial charge in [0.05, 0.1) is 23.7 Å². The largest absolute Gasteiger partial charge is 0.481 e. The number of nitrogens with zero attached hydrogens (tertiary/aromatic N) is 1. The SMILES string of the molecule is CC(C)(C)OC(=O)Nc1ccccc1NC(=O)C=Cc1ccc(C2CN(CCC(F)(F)F)CC2C(=O)O)cc1. The standard InChI is InChI=1S/C28H32F3N3O5/c1-27(2,3)39-26(38)33-23-7-5-4-6-22(23)32-24(35)13-10-18-8-11-19(12-9-18)20-16-34(15-14-28(29,30)31)17-21(20)25(36)37/h4-13,20-21H,14-17H2,1-3H3,(H,32,35)(H,33,38)(H,36,37). The summed E-state index contributed by atoms with van der Waals surface area (Å²) in [7, 11) is 0. The minimum atomic E-state index is -4.30. The Morgan fingerprint density at radius 3 is 2.18 bits per heavy atom. The number of carbonyl (C=O) groups is 3. The van der Waals surface area contributed by atoms with Crippen LogP contribution in [-0.2, 0) is 14.3 Å². The maximum Gasteiger partial charge on any atom is 0.412 e. The molecule has 0 aliphatic carbocycles.